The standard InChI is InChI=1S/C26H22FNOS/c1-16-6-8-18(9-7-16)26-25-22(28-21-4-2-3-5-24(21)30-26)14-19(15-23(25)29)17-10-12-20(27)13-11-17/h2-14,19,25-26,28H,15H2,1H3/t19-,25-,26+/m1/s1. The van der Waals surface area contributed by atoms with Gasteiger partial charge < -0.3 is 5.32 Å². The normalized spacial score (nSPS) is 22.9. The topological polar surface area (TPSA) is 29.1 Å². The number of fused-ring (bicyclic) bond motifs is 2. The second kappa shape index (κ2) is 7.77. The Bertz CT molecular complexity index is 1120. The molecule has 0 aromatic heterocycles. The molecule has 5 rings (SSSR count). The number of hydrogen-bond donors (Lipinski definition) is 1. The highest BCUT2D eigenvalue weighted by atomic mass is 32.2. The van der Waals surface area contributed by atoms with Crippen molar-refractivity contribution < 1.29 is 9.18 Å². The summed E-state index contributed by atoms with van der Waals surface area (Å²) in [5.41, 5.74) is 5.31. The number of para-hydroxylation sites is 1. The monoisotopic (exact) mass is 415 g/mol. The Labute approximate surface area is 180 Å². The van der Waals surface area contributed by atoms with Gasteiger partial charge in [0.1, 0.15) is 11.6 Å². The molecule has 1 N–H and O–H groups in total. The van der Waals surface area contributed by atoms with E-state index in [4.69, 9.17) is 0 Å². The summed E-state index contributed by atoms with van der Waals surface area (Å²) in [4.78, 5) is 14.6. The van der Waals surface area contributed by atoms with Crippen LogP contribution in [0.15, 0.2) is 89.5 Å². The summed E-state index contributed by atoms with van der Waals surface area (Å²) in [7, 11) is 0. The van der Waals surface area contributed by atoms with Gasteiger partial charge in [0.2, 0.25) is 0 Å². The molecule has 2 nitrogen and oxygen atoms in total. The number of Topliss-reactive ketones (excluding diaryl/α,β-unsaturated/α-hetero) is 1. The highest BCUT2D eigenvalue weighted by molar-refractivity contribution is 7.99. The van der Waals surface area contributed by atoms with Crippen LogP contribution in [0, 0.1) is 18.7 Å². The average molecular weight is 416 g/mol. The van der Waals surface area contributed by atoms with Crippen LogP contribution in [0.4, 0.5) is 10.1 Å². The number of rotatable bonds is 2. The molecule has 4 heteroatoms. The Kier molecular flexibility index (Phi) is 4.95. The van der Waals surface area contributed by atoms with E-state index >= 15 is 0 Å². The van der Waals surface area contributed by atoms with Gasteiger partial charge in [-0.15, -0.1) is 11.8 Å². The molecular formula is C26H22FNOS. The van der Waals surface area contributed by atoms with E-state index in [1.165, 1.54) is 17.7 Å². The lowest BCUT2D eigenvalue weighted by molar-refractivity contribution is -0.122. The molecule has 0 fully saturated rings. The van der Waals surface area contributed by atoms with Gasteiger partial charge in [0.25, 0.3) is 0 Å². The maximum atomic E-state index is 13.5. The van der Waals surface area contributed by atoms with E-state index < -0.39 is 0 Å². The van der Waals surface area contributed by atoms with Crippen molar-refractivity contribution in [3.05, 3.63) is 107 Å². The Balaban J connectivity index is 1.61. The molecule has 1 aliphatic heterocycles. The number of nitrogens with one attached hydrogen (secondary N) is 1. The third kappa shape index (κ3) is 3.56. The van der Waals surface area contributed by atoms with Gasteiger partial charge in [-0.3, -0.25) is 4.79 Å². The van der Waals surface area contributed by atoms with Crippen molar-refractivity contribution >= 4 is 23.2 Å². The number of allylic oxidation sites excluding steroid dienone is 2. The van der Waals surface area contributed by atoms with Gasteiger partial charge in [-0.1, -0.05) is 60.2 Å². The number of benzene rings is 3. The summed E-state index contributed by atoms with van der Waals surface area (Å²) in [6.07, 6.45) is 2.60. The minimum absolute atomic E-state index is 0.00895. The third-order valence-corrected chi connectivity index (χ3v) is 7.32. The molecule has 0 bridgehead atoms. The number of ketones is 1. The summed E-state index contributed by atoms with van der Waals surface area (Å²) in [5, 5.41) is 3.57. The van der Waals surface area contributed by atoms with Crippen LogP contribution in [-0.2, 0) is 4.79 Å². The Morgan fingerprint density at radius 2 is 1.63 bits per heavy atom. The molecular weight excluding hydrogens is 393 g/mol. The molecule has 0 amide bonds. The van der Waals surface area contributed by atoms with Crippen LogP contribution in [0.2, 0.25) is 0 Å². The minimum Gasteiger partial charge on any atom is -0.358 e. The lowest BCUT2D eigenvalue weighted by Gasteiger charge is -2.31. The molecule has 0 radical (unpaired) electrons. The molecule has 1 heterocycles. The first-order chi connectivity index (χ1) is 14.6. The zero-order valence-electron chi connectivity index (χ0n) is 16.6. The summed E-state index contributed by atoms with van der Waals surface area (Å²) in [6, 6.07) is 23.2. The molecule has 2 aliphatic rings. The summed E-state index contributed by atoms with van der Waals surface area (Å²) in [5.74, 6) is -0.323. The van der Waals surface area contributed by atoms with Crippen LogP contribution in [0.1, 0.15) is 34.3 Å². The summed E-state index contributed by atoms with van der Waals surface area (Å²) in [6.45, 7) is 2.07. The lowest BCUT2D eigenvalue weighted by Crippen LogP contribution is -2.30. The van der Waals surface area contributed by atoms with Gasteiger partial charge in [-0.2, -0.15) is 0 Å². The van der Waals surface area contributed by atoms with E-state index in [1.54, 1.807) is 23.9 Å². The first kappa shape index (κ1) is 19.1. The first-order valence-electron chi connectivity index (χ1n) is 10.2. The van der Waals surface area contributed by atoms with E-state index in [2.05, 4.69) is 54.7 Å². The fourth-order valence-electron chi connectivity index (χ4n) is 4.32. The number of halogens is 1. The third-order valence-electron chi connectivity index (χ3n) is 5.91. The predicted octanol–water partition coefficient (Wildman–Crippen LogP) is 6.65. The summed E-state index contributed by atoms with van der Waals surface area (Å²) < 4.78 is 13.4. The number of anilines is 1. The Morgan fingerprint density at radius 3 is 2.40 bits per heavy atom. The number of thioether (sulfide) groups is 1. The van der Waals surface area contributed by atoms with E-state index in [1.807, 2.05) is 12.1 Å². The lowest BCUT2D eigenvalue weighted by atomic mass is 9.78. The van der Waals surface area contributed by atoms with Gasteiger partial charge >= 0.3 is 0 Å². The van der Waals surface area contributed by atoms with Crippen molar-refractivity contribution in [2.45, 2.75) is 29.4 Å². The minimum atomic E-state index is -0.260. The molecule has 0 spiro atoms. The van der Waals surface area contributed by atoms with Crippen molar-refractivity contribution in [2.24, 2.45) is 5.92 Å². The first-order valence-corrected chi connectivity index (χ1v) is 11.1. The van der Waals surface area contributed by atoms with Gasteiger partial charge in [0.05, 0.1) is 11.6 Å². The highest BCUT2D eigenvalue weighted by Gasteiger charge is 2.40. The second-order valence-corrected chi connectivity index (χ2v) is 9.18. The molecule has 3 aromatic carbocycles. The number of aryl methyl sites for hydroxylation is 1. The van der Waals surface area contributed by atoms with E-state index in [0.29, 0.717) is 6.42 Å². The predicted molar refractivity (Wildman–Crippen MR) is 120 cm³/mol. The Morgan fingerprint density at radius 1 is 0.933 bits per heavy atom. The SMILES string of the molecule is Cc1ccc([C@@H]2Sc3ccccc3NC3=C[C@@H](c4ccc(F)cc4)CC(=O)[C@@H]32)cc1. The molecule has 3 aromatic rings. The van der Waals surface area contributed by atoms with Crippen molar-refractivity contribution in [3.63, 3.8) is 0 Å². The molecule has 0 saturated carbocycles. The smallest absolute Gasteiger partial charge is 0.144 e. The molecule has 30 heavy (non-hydrogen) atoms. The van der Waals surface area contributed by atoms with E-state index in [9.17, 15) is 9.18 Å². The highest BCUT2D eigenvalue weighted by Crippen LogP contribution is 2.51. The van der Waals surface area contributed by atoms with Crippen LogP contribution < -0.4 is 5.32 Å². The van der Waals surface area contributed by atoms with Gasteiger partial charge in [-0.25, -0.2) is 4.39 Å². The molecule has 0 unspecified atom stereocenters. The van der Waals surface area contributed by atoms with E-state index in [-0.39, 0.29) is 28.7 Å². The van der Waals surface area contributed by atoms with Crippen molar-refractivity contribution in [1.29, 1.82) is 0 Å². The Hall–Kier alpha value is -2.85. The largest absolute Gasteiger partial charge is 0.358 e. The number of carbonyl (C=O) groups is 1. The maximum Gasteiger partial charge on any atom is 0.144 e. The zero-order chi connectivity index (χ0) is 20.7. The number of hydrogen-bond acceptors (Lipinski definition) is 3. The van der Waals surface area contributed by atoms with E-state index in [0.717, 1.165) is 27.4 Å². The van der Waals surface area contributed by atoms with Gasteiger partial charge in [-0.05, 0) is 42.3 Å². The second-order valence-electron chi connectivity index (χ2n) is 8.00. The van der Waals surface area contributed by atoms with Crippen LogP contribution in [0.5, 0.6) is 0 Å². The van der Waals surface area contributed by atoms with Crippen molar-refractivity contribution in [1.82, 2.24) is 0 Å². The van der Waals surface area contributed by atoms with Crippen LogP contribution in [0.3, 0.4) is 0 Å². The fraction of sp³-hybridized carbons (Fsp3) is 0.192. The quantitative estimate of drug-likeness (QED) is 0.508. The fourth-order valence-corrected chi connectivity index (χ4v) is 5.73. The van der Waals surface area contributed by atoms with Crippen molar-refractivity contribution in [2.75, 3.05) is 5.32 Å². The average Bonchev–Trinajstić information content (AvgIpc) is 2.91. The van der Waals surface area contributed by atoms with Gasteiger partial charge in [0, 0.05) is 28.2 Å². The molecule has 150 valence electrons. The molecule has 0 saturated heterocycles. The van der Waals surface area contributed by atoms with Crippen LogP contribution in [0.25, 0.3) is 0 Å². The molecule has 1 aliphatic carbocycles. The summed E-state index contributed by atoms with van der Waals surface area (Å²) >= 11 is 1.75. The van der Waals surface area contributed by atoms with Gasteiger partial charge in [0.15, 0.2) is 0 Å². The number of carbonyl (C=O) groups excluding carboxylic acids is 1. The maximum absolute atomic E-state index is 13.5. The van der Waals surface area contributed by atoms with Crippen LogP contribution in [-0.4, -0.2) is 5.78 Å². The zero-order valence-corrected chi connectivity index (χ0v) is 17.5. The molecule has 3 atom stereocenters. The van der Waals surface area contributed by atoms with Crippen molar-refractivity contribution in [3.8, 4) is 0 Å². The van der Waals surface area contributed by atoms with Crippen LogP contribution >= 0.6 is 11.8 Å².